The summed E-state index contributed by atoms with van der Waals surface area (Å²) in [5.41, 5.74) is 4.68. The van der Waals surface area contributed by atoms with E-state index in [4.69, 9.17) is 4.74 Å². The minimum atomic E-state index is -0.190. The summed E-state index contributed by atoms with van der Waals surface area (Å²) in [4.78, 5) is 40.7. The van der Waals surface area contributed by atoms with Gasteiger partial charge in [0.05, 0.1) is 41.7 Å². The summed E-state index contributed by atoms with van der Waals surface area (Å²) in [6.07, 6.45) is 4.36. The van der Waals surface area contributed by atoms with Gasteiger partial charge in [0.25, 0.3) is 11.5 Å². The zero-order chi connectivity index (χ0) is 23.0. The fourth-order valence-corrected chi connectivity index (χ4v) is 4.76. The van der Waals surface area contributed by atoms with E-state index in [0.717, 1.165) is 54.0 Å². The Kier molecular flexibility index (Phi) is 5.59. The Hall–Kier alpha value is -3.30. The van der Waals surface area contributed by atoms with E-state index in [1.807, 2.05) is 31.3 Å². The van der Waals surface area contributed by atoms with Gasteiger partial charge in [0, 0.05) is 45.0 Å². The summed E-state index contributed by atoms with van der Waals surface area (Å²) in [7, 11) is 1.60. The monoisotopic (exact) mass is 448 g/mol. The molecule has 2 saturated heterocycles. The lowest BCUT2D eigenvalue weighted by Crippen LogP contribution is -2.71. The molecule has 0 radical (unpaired) electrons. The third-order valence-corrected chi connectivity index (χ3v) is 6.60. The molecule has 3 aromatic rings. The number of fused-ring (bicyclic) bond motifs is 1. The maximum atomic E-state index is 12.2. The molecule has 0 unspecified atom stereocenters. The predicted octanol–water partition coefficient (Wildman–Crippen LogP) is 1.33. The van der Waals surface area contributed by atoms with Crippen LogP contribution in [0.25, 0.3) is 11.0 Å². The van der Waals surface area contributed by atoms with Gasteiger partial charge >= 0.3 is 0 Å². The zero-order valence-electron chi connectivity index (χ0n) is 18.9. The molecule has 2 aliphatic rings. The van der Waals surface area contributed by atoms with Gasteiger partial charge in [0.1, 0.15) is 5.69 Å². The van der Waals surface area contributed by atoms with Gasteiger partial charge in [-0.25, -0.2) is 4.98 Å². The van der Waals surface area contributed by atoms with Crippen molar-refractivity contribution in [1.29, 1.82) is 0 Å². The number of carbonyl (C=O) groups excluding carboxylic acids is 1. The van der Waals surface area contributed by atoms with Gasteiger partial charge in [-0.1, -0.05) is 6.92 Å². The molecule has 0 bridgehead atoms. The molecule has 9 heteroatoms. The third kappa shape index (κ3) is 3.98. The SMILES string of the molecule is CCc1cc2ncc(CN3CCN(c4ccc(C(=O)NC)nc4)C4(COC4)C3)cc2[nH]c1=O. The molecule has 172 valence electrons. The maximum absolute atomic E-state index is 12.2. The molecule has 0 saturated carbocycles. The van der Waals surface area contributed by atoms with Gasteiger partial charge < -0.3 is 19.9 Å². The fourth-order valence-electron chi connectivity index (χ4n) is 4.76. The fraction of sp³-hybridized carbons (Fsp3) is 0.417. The largest absolute Gasteiger partial charge is 0.376 e. The number of hydrogen-bond donors (Lipinski definition) is 2. The number of aromatic nitrogens is 3. The molecule has 1 spiro atoms. The van der Waals surface area contributed by atoms with Crippen molar-refractivity contribution in [3.63, 3.8) is 0 Å². The summed E-state index contributed by atoms with van der Waals surface area (Å²) in [5.74, 6) is -0.190. The number of hydrogen-bond acceptors (Lipinski definition) is 7. The van der Waals surface area contributed by atoms with Crippen LogP contribution in [0.4, 0.5) is 5.69 Å². The molecule has 9 nitrogen and oxygen atoms in total. The lowest BCUT2D eigenvalue weighted by Gasteiger charge is -2.56. The van der Waals surface area contributed by atoms with E-state index in [2.05, 4.69) is 30.1 Å². The highest BCUT2D eigenvalue weighted by atomic mass is 16.5. The molecule has 0 atom stereocenters. The molecule has 2 fully saturated rings. The van der Waals surface area contributed by atoms with Gasteiger partial charge in [-0.3, -0.25) is 19.5 Å². The molecule has 5 rings (SSSR count). The second-order valence-electron chi connectivity index (χ2n) is 8.81. The van der Waals surface area contributed by atoms with Gasteiger partial charge in [-0.05, 0) is 36.2 Å². The molecule has 33 heavy (non-hydrogen) atoms. The van der Waals surface area contributed by atoms with Crippen molar-refractivity contribution in [3.8, 4) is 0 Å². The third-order valence-electron chi connectivity index (χ3n) is 6.60. The Morgan fingerprint density at radius 1 is 1.21 bits per heavy atom. The quantitative estimate of drug-likeness (QED) is 0.607. The Balaban J connectivity index is 1.32. The van der Waals surface area contributed by atoms with Crippen LogP contribution in [0.5, 0.6) is 0 Å². The van der Waals surface area contributed by atoms with Crippen molar-refractivity contribution in [3.05, 3.63) is 63.8 Å². The minimum absolute atomic E-state index is 0.0424. The number of rotatable bonds is 5. The Morgan fingerprint density at radius 2 is 2.06 bits per heavy atom. The number of piperazine rings is 1. The number of aromatic amines is 1. The number of amides is 1. The van der Waals surface area contributed by atoms with Crippen molar-refractivity contribution in [2.24, 2.45) is 0 Å². The van der Waals surface area contributed by atoms with Crippen LogP contribution in [0.1, 0.15) is 28.5 Å². The smallest absolute Gasteiger partial charge is 0.269 e. The summed E-state index contributed by atoms with van der Waals surface area (Å²) >= 11 is 0. The summed E-state index contributed by atoms with van der Waals surface area (Å²) in [6, 6.07) is 7.63. The van der Waals surface area contributed by atoms with E-state index in [-0.39, 0.29) is 17.0 Å². The van der Waals surface area contributed by atoms with Gasteiger partial charge in [0.2, 0.25) is 0 Å². The molecule has 2 N–H and O–H groups in total. The van der Waals surface area contributed by atoms with E-state index in [1.54, 1.807) is 19.3 Å². The molecular formula is C24H28N6O3. The Labute approximate surface area is 191 Å². The highest BCUT2D eigenvalue weighted by molar-refractivity contribution is 5.92. The first-order valence-electron chi connectivity index (χ1n) is 11.3. The highest BCUT2D eigenvalue weighted by Gasteiger charge is 2.48. The first kappa shape index (κ1) is 21.5. The molecule has 1 amide bonds. The second kappa shape index (κ2) is 8.57. The lowest BCUT2D eigenvalue weighted by atomic mass is 9.90. The lowest BCUT2D eigenvalue weighted by molar-refractivity contribution is -0.0834. The van der Waals surface area contributed by atoms with E-state index in [9.17, 15) is 9.59 Å². The van der Waals surface area contributed by atoms with Gasteiger partial charge in [-0.15, -0.1) is 0 Å². The van der Waals surface area contributed by atoms with Crippen LogP contribution in [0.15, 0.2) is 41.5 Å². The summed E-state index contributed by atoms with van der Waals surface area (Å²) < 4.78 is 5.63. The van der Waals surface area contributed by atoms with Crippen molar-refractivity contribution >= 4 is 22.6 Å². The van der Waals surface area contributed by atoms with Crippen molar-refractivity contribution in [2.45, 2.75) is 25.4 Å². The number of carbonyl (C=O) groups is 1. The average Bonchev–Trinajstić information content (AvgIpc) is 2.82. The van der Waals surface area contributed by atoms with Gasteiger partial charge in [-0.2, -0.15) is 0 Å². The van der Waals surface area contributed by atoms with Crippen LogP contribution in [0.3, 0.4) is 0 Å². The van der Waals surface area contributed by atoms with Gasteiger partial charge in [0.15, 0.2) is 0 Å². The van der Waals surface area contributed by atoms with Crippen LogP contribution in [0.2, 0.25) is 0 Å². The second-order valence-corrected chi connectivity index (χ2v) is 8.81. The molecule has 5 heterocycles. The standard InChI is InChI=1S/C24H28N6O3/c1-3-17-9-20-21(28-22(17)31)8-16(10-26-20)12-29-6-7-30(24(13-29)14-33-15-24)18-4-5-19(27-11-18)23(32)25-2/h4-5,8-11H,3,6-7,12-15H2,1-2H3,(H,25,32)(H,28,31). The first-order chi connectivity index (χ1) is 16.0. The van der Waals surface area contributed by atoms with Crippen molar-refractivity contribution < 1.29 is 9.53 Å². The number of anilines is 1. The van der Waals surface area contributed by atoms with Crippen LogP contribution >= 0.6 is 0 Å². The number of ether oxygens (including phenoxy) is 1. The van der Waals surface area contributed by atoms with Crippen molar-refractivity contribution in [1.82, 2.24) is 25.2 Å². The van der Waals surface area contributed by atoms with Crippen molar-refractivity contribution in [2.75, 3.05) is 44.8 Å². The average molecular weight is 449 g/mol. The minimum Gasteiger partial charge on any atom is -0.376 e. The molecule has 0 aliphatic carbocycles. The topological polar surface area (TPSA) is 103 Å². The van der Waals surface area contributed by atoms with Crippen LogP contribution in [0, 0.1) is 0 Å². The maximum Gasteiger partial charge on any atom is 0.269 e. The summed E-state index contributed by atoms with van der Waals surface area (Å²) in [5, 5.41) is 2.60. The Morgan fingerprint density at radius 3 is 2.73 bits per heavy atom. The number of nitrogens with zero attached hydrogens (tertiary/aromatic N) is 4. The Bertz CT molecular complexity index is 1240. The normalized spacial score (nSPS) is 17.8. The van der Waals surface area contributed by atoms with E-state index >= 15 is 0 Å². The van der Waals surface area contributed by atoms with Crippen LogP contribution < -0.4 is 15.8 Å². The molecule has 0 aromatic carbocycles. The number of aryl methyl sites for hydroxylation is 1. The van der Waals surface area contributed by atoms with Crippen LogP contribution in [-0.4, -0.2) is 71.2 Å². The number of H-pyrrole nitrogens is 1. The number of pyridine rings is 3. The molecule has 3 aromatic heterocycles. The zero-order valence-corrected chi connectivity index (χ0v) is 18.9. The van der Waals surface area contributed by atoms with Crippen LogP contribution in [-0.2, 0) is 17.7 Å². The molecule has 2 aliphatic heterocycles. The molecular weight excluding hydrogens is 420 g/mol. The van der Waals surface area contributed by atoms with E-state index < -0.39 is 0 Å². The first-order valence-corrected chi connectivity index (χ1v) is 11.3. The predicted molar refractivity (Wildman–Crippen MR) is 126 cm³/mol. The highest BCUT2D eigenvalue weighted by Crippen LogP contribution is 2.34. The summed E-state index contributed by atoms with van der Waals surface area (Å²) in [6.45, 7) is 6.60. The number of nitrogens with one attached hydrogen (secondary N) is 2. The van der Waals surface area contributed by atoms with E-state index in [1.165, 1.54) is 0 Å². The van der Waals surface area contributed by atoms with E-state index in [0.29, 0.717) is 25.3 Å².